The topological polar surface area (TPSA) is 75.7 Å². The van der Waals surface area contributed by atoms with Crippen molar-refractivity contribution in [1.29, 1.82) is 0 Å². The summed E-state index contributed by atoms with van der Waals surface area (Å²) >= 11 is 0. The fourth-order valence-electron chi connectivity index (χ4n) is 3.52. The van der Waals surface area contributed by atoms with Crippen molar-refractivity contribution in [3.8, 4) is 5.75 Å². The van der Waals surface area contributed by atoms with Gasteiger partial charge in [-0.2, -0.15) is 0 Å². The zero-order valence-corrected chi connectivity index (χ0v) is 16.3. The van der Waals surface area contributed by atoms with E-state index < -0.39 is 11.6 Å². The van der Waals surface area contributed by atoms with Gasteiger partial charge < -0.3 is 10.1 Å². The molecule has 1 N–H and O–H groups in total. The summed E-state index contributed by atoms with van der Waals surface area (Å²) in [5.41, 5.74) is 0.802. The number of benzene rings is 2. The molecule has 6 heteroatoms. The summed E-state index contributed by atoms with van der Waals surface area (Å²) in [6, 6.07) is 13.9. The Hall–Kier alpha value is -3.15. The molecule has 28 heavy (non-hydrogen) atoms. The molecule has 2 aromatic rings. The Kier molecular flexibility index (Phi) is 5.49. The minimum atomic E-state index is -1.08. The average molecular weight is 380 g/mol. The summed E-state index contributed by atoms with van der Waals surface area (Å²) in [5.74, 6) is 0.164. The molecule has 0 aliphatic carbocycles. The zero-order chi connectivity index (χ0) is 20.3. The van der Waals surface area contributed by atoms with Gasteiger partial charge in [-0.25, -0.2) is 4.79 Å². The van der Waals surface area contributed by atoms with Crippen LogP contribution in [0.5, 0.6) is 5.75 Å². The molecule has 3 amide bonds. The molecule has 0 bridgehead atoms. The Morgan fingerprint density at radius 1 is 1.11 bits per heavy atom. The molecule has 1 heterocycles. The number of urea groups is 1. The summed E-state index contributed by atoms with van der Waals surface area (Å²) in [7, 11) is 0. The second kappa shape index (κ2) is 7.84. The van der Waals surface area contributed by atoms with Crippen LogP contribution in [0.15, 0.2) is 48.5 Å². The van der Waals surface area contributed by atoms with Gasteiger partial charge >= 0.3 is 6.03 Å². The SMILES string of the molecule is CCOc1ccc(C(C)=O)cc1CN1C(=O)N[C@](CC)(c2ccccc2)C1=O. The van der Waals surface area contributed by atoms with Gasteiger partial charge in [-0.15, -0.1) is 0 Å². The fraction of sp³-hybridized carbons (Fsp3) is 0.318. The summed E-state index contributed by atoms with van der Waals surface area (Å²) < 4.78 is 5.63. The Morgan fingerprint density at radius 2 is 1.82 bits per heavy atom. The van der Waals surface area contributed by atoms with Crippen molar-refractivity contribution in [1.82, 2.24) is 10.2 Å². The molecule has 0 saturated carbocycles. The Bertz CT molecular complexity index is 910. The smallest absolute Gasteiger partial charge is 0.325 e. The number of nitrogens with zero attached hydrogens (tertiary/aromatic N) is 1. The maximum atomic E-state index is 13.3. The highest BCUT2D eigenvalue weighted by atomic mass is 16.5. The van der Waals surface area contributed by atoms with E-state index >= 15 is 0 Å². The lowest BCUT2D eigenvalue weighted by atomic mass is 9.87. The van der Waals surface area contributed by atoms with Crippen LogP contribution in [0.1, 0.15) is 48.7 Å². The van der Waals surface area contributed by atoms with Crippen LogP contribution in [0.25, 0.3) is 0 Å². The van der Waals surface area contributed by atoms with E-state index in [0.717, 1.165) is 5.56 Å². The van der Waals surface area contributed by atoms with Crippen LogP contribution in [0, 0.1) is 0 Å². The molecule has 2 aromatic carbocycles. The molecule has 0 spiro atoms. The molecular weight excluding hydrogens is 356 g/mol. The van der Waals surface area contributed by atoms with Gasteiger partial charge in [0.25, 0.3) is 5.91 Å². The maximum Gasteiger partial charge on any atom is 0.325 e. The molecule has 6 nitrogen and oxygen atoms in total. The van der Waals surface area contributed by atoms with Gasteiger partial charge in [-0.3, -0.25) is 14.5 Å². The van der Waals surface area contributed by atoms with Gasteiger partial charge in [-0.05, 0) is 44.0 Å². The molecule has 3 rings (SSSR count). The van der Waals surface area contributed by atoms with E-state index in [1.807, 2.05) is 44.2 Å². The van der Waals surface area contributed by atoms with Crippen molar-refractivity contribution in [3.05, 3.63) is 65.2 Å². The summed E-state index contributed by atoms with van der Waals surface area (Å²) in [5, 5.41) is 2.87. The first kappa shape index (κ1) is 19.6. The highest BCUT2D eigenvalue weighted by Gasteiger charge is 2.51. The van der Waals surface area contributed by atoms with Gasteiger partial charge in [0.1, 0.15) is 11.3 Å². The van der Waals surface area contributed by atoms with E-state index in [4.69, 9.17) is 4.74 Å². The van der Waals surface area contributed by atoms with E-state index in [-0.39, 0.29) is 18.2 Å². The van der Waals surface area contributed by atoms with Gasteiger partial charge in [0.2, 0.25) is 0 Å². The van der Waals surface area contributed by atoms with Gasteiger partial charge in [0.05, 0.1) is 13.2 Å². The van der Waals surface area contributed by atoms with E-state index in [9.17, 15) is 14.4 Å². The summed E-state index contributed by atoms with van der Waals surface area (Å²) in [6.45, 7) is 5.68. The molecule has 1 atom stereocenters. The lowest BCUT2D eigenvalue weighted by Crippen LogP contribution is -2.43. The first-order chi connectivity index (χ1) is 13.4. The third-order valence-corrected chi connectivity index (χ3v) is 5.07. The first-order valence-corrected chi connectivity index (χ1v) is 9.39. The summed E-state index contributed by atoms with van der Waals surface area (Å²) in [6.07, 6.45) is 0.434. The van der Waals surface area contributed by atoms with E-state index in [0.29, 0.717) is 29.9 Å². The van der Waals surface area contributed by atoms with Crippen LogP contribution in [0.4, 0.5) is 4.79 Å². The zero-order valence-electron chi connectivity index (χ0n) is 16.3. The minimum Gasteiger partial charge on any atom is -0.494 e. The van der Waals surface area contributed by atoms with Crippen molar-refractivity contribution in [2.45, 2.75) is 39.3 Å². The number of ether oxygens (including phenoxy) is 1. The number of rotatable bonds is 7. The lowest BCUT2D eigenvalue weighted by molar-refractivity contribution is -0.132. The molecule has 1 aliphatic heterocycles. The van der Waals surface area contributed by atoms with Crippen molar-refractivity contribution < 1.29 is 19.1 Å². The van der Waals surface area contributed by atoms with Crippen LogP contribution >= 0.6 is 0 Å². The fourth-order valence-corrected chi connectivity index (χ4v) is 3.52. The molecule has 1 saturated heterocycles. The average Bonchev–Trinajstić information content (AvgIpc) is 2.95. The number of imide groups is 1. The number of hydrogen-bond acceptors (Lipinski definition) is 4. The number of carbonyl (C=O) groups is 3. The molecule has 0 radical (unpaired) electrons. The Balaban J connectivity index is 1.97. The van der Waals surface area contributed by atoms with E-state index in [1.54, 1.807) is 18.2 Å². The maximum absolute atomic E-state index is 13.3. The molecule has 1 fully saturated rings. The largest absolute Gasteiger partial charge is 0.494 e. The first-order valence-electron chi connectivity index (χ1n) is 9.39. The minimum absolute atomic E-state index is 0.0374. The van der Waals surface area contributed by atoms with Crippen molar-refractivity contribution in [2.24, 2.45) is 0 Å². The van der Waals surface area contributed by atoms with E-state index in [2.05, 4.69) is 5.32 Å². The molecule has 1 aliphatic rings. The molecule has 146 valence electrons. The lowest BCUT2D eigenvalue weighted by Gasteiger charge is -2.26. The predicted molar refractivity (Wildman–Crippen MR) is 105 cm³/mol. The standard InChI is InChI=1S/C22H24N2O4/c1-4-22(18-9-7-6-8-10-18)20(26)24(21(27)23-22)14-17-13-16(15(3)25)11-12-19(17)28-5-2/h6-13H,4-5,14H2,1-3H3,(H,23,27)/t22-/m1/s1. The molecular formula is C22H24N2O4. The number of Topliss-reactive ketones (excluding diaryl/α,β-unsaturated/α-hetero) is 1. The van der Waals surface area contributed by atoms with E-state index in [1.165, 1.54) is 11.8 Å². The Labute approximate surface area is 164 Å². The second-order valence-corrected chi connectivity index (χ2v) is 6.76. The van der Waals surface area contributed by atoms with Crippen molar-refractivity contribution >= 4 is 17.7 Å². The number of amides is 3. The van der Waals surface area contributed by atoms with Gasteiger partial charge in [0, 0.05) is 11.1 Å². The summed E-state index contributed by atoms with van der Waals surface area (Å²) in [4.78, 5) is 39.0. The van der Waals surface area contributed by atoms with Crippen LogP contribution in [0.2, 0.25) is 0 Å². The third kappa shape index (κ3) is 3.38. The quantitative estimate of drug-likeness (QED) is 0.588. The van der Waals surface area contributed by atoms with Crippen LogP contribution < -0.4 is 10.1 Å². The monoisotopic (exact) mass is 380 g/mol. The van der Waals surface area contributed by atoms with Crippen LogP contribution in [-0.4, -0.2) is 29.2 Å². The third-order valence-electron chi connectivity index (χ3n) is 5.07. The Morgan fingerprint density at radius 3 is 2.43 bits per heavy atom. The van der Waals surface area contributed by atoms with Gasteiger partial charge in [-0.1, -0.05) is 37.3 Å². The van der Waals surface area contributed by atoms with Crippen molar-refractivity contribution in [3.63, 3.8) is 0 Å². The predicted octanol–water partition coefficient (Wildman–Crippen LogP) is 3.65. The van der Waals surface area contributed by atoms with Gasteiger partial charge in [0.15, 0.2) is 5.78 Å². The number of carbonyl (C=O) groups excluding carboxylic acids is 3. The van der Waals surface area contributed by atoms with Crippen LogP contribution in [0.3, 0.4) is 0 Å². The molecule has 0 unspecified atom stereocenters. The van der Waals surface area contributed by atoms with Crippen LogP contribution in [-0.2, 0) is 16.9 Å². The highest BCUT2D eigenvalue weighted by Crippen LogP contribution is 2.34. The second-order valence-electron chi connectivity index (χ2n) is 6.76. The number of hydrogen-bond donors (Lipinski definition) is 1. The highest BCUT2D eigenvalue weighted by molar-refractivity contribution is 6.07. The number of nitrogens with one attached hydrogen (secondary N) is 1. The number of ketones is 1. The van der Waals surface area contributed by atoms with Crippen molar-refractivity contribution in [2.75, 3.05) is 6.61 Å². The normalized spacial score (nSPS) is 18.9. The molecule has 0 aromatic heterocycles.